The third-order valence-electron chi connectivity index (χ3n) is 9.65. The molecule has 3 aromatic rings. The van der Waals surface area contributed by atoms with Crippen LogP contribution in [0.25, 0.3) is 11.0 Å². The fourth-order valence-corrected chi connectivity index (χ4v) is 6.70. The van der Waals surface area contributed by atoms with Crippen molar-refractivity contribution in [3.05, 3.63) is 64.4 Å². The van der Waals surface area contributed by atoms with Gasteiger partial charge in [0, 0.05) is 37.7 Å². The van der Waals surface area contributed by atoms with Gasteiger partial charge in [0.1, 0.15) is 11.9 Å². The normalized spacial score (nSPS) is 17.0. The van der Waals surface area contributed by atoms with Gasteiger partial charge in [-0.15, -0.1) is 0 Å². The van der Waals surface area contributed by atoms with Crippen molar-refractivity contribution >= 4 is 40.5 Å². The second-order valence-electron chi connectivity index (χ2n) is 13.5. The van der Waals surface area contributed by atoms with Gasteiger partial charge in [-0.3, -0.25) is 9.59 Å². The molecule has 0 spiro atoms. The molecular weight excluding hydrogens is 616 g/mol. The Morgan fingerprint density at radius 3 is 2.34 bits per heavy atom. The van der Waals surface area contributed by atoms with E-state index in [4.69, 9.17) is 21.3 Å². The molecule has 1 aliphatic rings. The number of hydrogen-bond acceptors (Lipinski definition) is 5. The quantitative estimate of drug-likeness (QED) is 0.156. The van der Waals surface area contributed by atoms with E-state index in [0.717, 1.165) is 23.9 Å². The Bertz CT molecular complexity index is 1570. The van der Waals surface area contributed by atoms with Gasteiger partial charge < -0.3 is 30.6 Å². The topological polar surface area (TPSA) is 128 Å². The van der Waals surface area contributed by atoms with Gasteiger partial charge in [0.25, 0.3) is 0 Å². The molecule has 1 aromatic heterocycles. The number of methoxy groups -OCH3 is 1. The number of carbonyl (C=O) groups excluding carboxylic acids is 3. The summed E-state index contributed by atoms with van der Waals surface area (Å²) in [4.78, 5) is 50.5. The molecular formula is C36H51ClN6O4. The molecule has 10 nitrogen and oxygen atoms in total. The predicted molar refractivity (Wildman–Crippen MR) is 187 cm³/mol. The van der Waals surface area contributed by atoms with Crippen LogP contribution in [0.2, 0.25) is 5.02 Å². The molecule has 1 saturated carbocycles. The Labute approximate surface area is 283 Å². The molecule has 1 heterocycles. The lowest BCUT2D eigenvalue weighted by Gasteiger charge is -2.34. The number of nitrogens with zero attached hydrogens (tertiary/aromatic N) is 2. The van der Waals surface area contributed by atoms with Gasteiger partial charge in [-0.1, -0.05) is 56.6 Å². The minimum Gasteiger partial charge on any atom is -0.383 e. The maximum absolute atomic E-state index is 13.9. The highest BCUT2D eigenvalue weighted by Gasteiger charge is 2.51. The zero-order valence-electron chi connectivity index (χ0n) is 29.0. The molecule has 0 radical (unpaired) electrons. The summed E-state index contributed by atoms with van der Waals surface area (Å²) in [6, 6.07) is 12.1. The van der Waals surface area contributed by atoms with Crippen LogP contribution in [-0.2, 0) is 19.7 Å². The number of likely N-dealkylation sites (N-methyl/N-ethyl adjacent to an activating group) is 1. The number of nitrogens with one attached hydrogen (secondary N) is 4. The Hall–Kier alpha value is -3.63. The van der Waals surface area contributed by atoms with Gasteiger partial charge in [0.05, 0.1) is 29.1 Å². The Balaban J connectivity index is 1.78. The molecule has 47 heavy (non-hydrogen) atoms. The lowest BCUT2D eigenvalue weighted by atomic mass is 9.78. The van der Waals surface area contributed by atoms with Crippen molar-refractivity contribution in [1.82, 2.24) is 30.8 Å². The molecule has 1 unspecified atom stereocenters. The number of rotatable bonds is 15. The number of fused-ring (bicyclic) bond motifs is 1. The van der Waals surface area contributed by atoms with Gasteiger partial charge in [-0.05, 0) is 81.2 Å². The highest BCUT2D eigenvalue weighted by molar-refractivity contribution is 6.31. The number of aromatic nitrogens is 2. The fourth-order valence-electron chi connectivity index (χ4n) is 6.45. The first-order valence-electron chi connectivity index (χ1n) is 16.7. The van der Waals surface area contributed by atoms with Crippen LogP contribution >= 0.6 is 11.6 Å². The highest BCUT2D eigenvalue weighted by Crippen LogP contribution is 2.60. The number of hydrogen-bond donors (Lipinski definition) is 4. The van der Waals surface area contributed by atoms with Crippen LogP contribution in [0, 0.1) is 11.3 Å². The third kappa shape index (κ3) is 7.75. The molecule has 11 heteroatoms. The average Bonchev–Trinajstić information content (AvgIpc) is 3.63. The Morgan fingerprint density at radius 2 is 1.77 bits per heavy atom. The first kappa shape index (κ1) is 36.2. The van der Waals surface area contributed by atoms with Crippen LogP contribution in [0.3, 0.4) is 0 Å². The van der Waals surface area contributed by atoms with Crippen LogP contribution in [-0.4, -0.2) is 72.1 Å². The standard InChI is InChI=1S/C36H51ClN6O4/c1-9-38-32(44)29(22(4)5)41-33(45)36(7,21-47-8)23-16-17-26-27(20-23)40-31(39-26)30(42-34(46)43(10-2)11-3)28(35(6)18-19-35)24-14-12-13-15-25(24)37/h12-17,20,22,28-30H,9-11,18-19,21H2,1-8H3,(H,38,44)(H,39,40)(H,41,45)(H,42,46)/t28-,29+,30-,36?/m0/s1. The fraction of sp³-hybridized carbons (Fsp3) is 0.556. The molecule has 4 rings (SSSR count). The van der Waals surface area contributed by atoms with E-state index in [-0.39, 0.29) is 41.7 Å². The zero-order chi connectivity index (χ0) is 34.5. The van der Waals surface area contributed by atoms with Gasteiger partial charge in [-0.2, -0.15) is 0 Å². The number of imidazole rings is 1. The van der Waals surface area contributed by atoms with Crippen LogP contribution in [0.15, 0.2) is 42.5 Å². The number of benzene rings is 2. The smallest absolute Gasteiger partial charge is 0.317 e. The van der Waals surface area contributed by atoms with Crippen molar-refractivity contribution in [2.24, 2.45) is 11.3 Å². The summed E-state index contributed by atoms with van der Waals surface area (Å²) in [6.07, 6.45) is 2.01. The molecule has 4 atom stereocenters. The van der Waals surface area contributed by atoms with Crippen molar-refractivity contribution in [3.63, 3.8) is 0 Å². The zero-order valence-corrected chi connectivity index (χ0v) is 29.8. The first-order valence-corrected chi connectivity index (χ1v) is 17.1. The second-order valence-corrected chi connectivity index (χ2v) is 13.9. The van der Waals surface area contributed by atoms with Crippen LogP contribution in [0.5, 0.6) is 0 Å². The third-order valence-corrected chi connectivity index (χ3v) is 9.99. The Morgan fingerprint density at radius 1 is 1.09 bits per heavy atom. The van der Waals surface area contributed by atoms with Gasteiger partial charge in [0.15, 0.2) is 0 Å². The number of H-pyrrole nitrogens is 1. The van der Waals surface area contributed by atoms with Gasteiger partial charge in [0.2, 0.25) is 11.8 Å². The van der Waals surface area contributed by atoms with Gasteiger partial charge >= 0.3 is 6.03 Å². The lowest BCUT2D eigenvalue weighted by Crippen LogP contribution is -2.55. The summed E-state index contributed by atoms with van der Waals surface area (Å²) >= 11 is 6.81. The molecule has 2 aromatic carbocycles. The predicted octanol–water partition coefficient (Wildman–Crippen LogP) is 6.07. The molecule has 0 saturated heterocycles. The molecule has 0 aliphatic heterocycles. The van der Waals surface area contributed by atoms with E-state index in [1.165, 1.54) is 0 Å². The van der Waals surface area contributed by atoms with Crippen molar-refractivity contribution < 1.29 is 19.1 Å². The summed E-state index contributed by atoms with van der Waals surface area (Å²) in [7, 11) is 1.55. The number of halogens is 1. The van der Waals surface area contributed by atoms with E-state index >= 15 is 0 Å². The summed E-state index contributed by atoms with van der Waals surface area (Å²) in [5.74, 6) is -0.169. The van der Waals surface area contributed by atoms with E-state index in [9.17, 15) is 14.4 Å². The minimum atomic E-state index is -1.11. The Kier molecular flexibility index (Phi) is 11.6. The minimum absolute atomic E-state index is 0.0809. The van der Waals surface area contributed by atoms with Crippen LogP contribution < -0.4 is 16.0 Å². The van der Waals surface area contributed by atoms with E-state index < -0.39 is 17.5 Å². The molecule has 1 fully saturated rings. The maximum atomic E-state index is 13.9. The molecule has 256 valence electrons. The average molecular weight is 667 g/mol. The molecule has 4 N–H and O–H groups in total. The van der Waals surface area contributed by atoms with Crippen molar-refractivity contribution in [2.45, 2.75) is 84.7 Å². The summed E-state index contributed by atoms with van der Waals surface area (Å²) < 4.78 is 5.56. The summed E-state index contributed by atoms with van der Waals surface area (Å²) in [5.41, 5.74) is 1.91. The van der Waals surface area contributed by atoms with Crippen molar-refractivity contribution in [2.75, 3.05) is 33.4 Å². The lowest BCUT2D eigenvalue weighted by molar-refractivity contribution is -0.134. The number of amides is 4. The van der Waals surface area contributed by atoms with E-state index in [2.05, 4.69) is 27.9 Å². The number of carbonyl (C=O) groups is 3. The van der Waals surface area contributed by atoms with Gasteiger partial charge in [-0.25, -0.2) is 9.78 Å². The SMILES string of the molecule is CCNC(=O)[C@H](NC(=O)C(C)(COC)c1ccc2nc([C@@H](NC(=O)N(CC)CC)[C@H](c3ccccc3Cl)C3(C)CC3)[nH]c2c1)C(C)C. The van der Waals surface area contributed by atoms with E-state index in [1.54, 1.807) is 12.0 Å². The monoisotopic (exact) mass is 666 g/mol. The second kappa shape index (κ2) is 15.1. The van der Waals surface area contributed by atoms with Crippen molar-refractivity contribution in [3.8, 4) is 0 Å². The number of ether oxygens (including phenoxy) is 1. The molecule has 1 aliphatic carbocycles. The summed E-state index contributed by atoms with van der Waals surface area (Å²) in [6.45, 7) is 15.3. The van der Waals surface area contributed by atoms with Crippen molar-refractivity contribution in [1.29, 1.82) is 0 Å². The molecule has 0 bridgehead atoms. The summed E-state index contributed by atoms with van der Waals surface area (Å²) in [5, 5.41) is 9.77. The van der Waals surface area contributed by atoms with E-state index in [1.807, 2.05) is 84.0 Å². The first-order chi connectivity index (χ1) is 22.3. The van der Waals surface area contributed by atoms with Crippen LogP contribution in [0.1, 0.15) is 90.2 Å². The largest absolute Gasteiger partial charge is 0.383 e. The van der Waals surface area contributed by atoms with Crippen LogP contribution in [0.4, 0.5) is 4.79 Å². The number of aromatic amines is 1. The van der Waals surface area contributed by atoms with E-state index in [0.29, 0.717) is 41.6 Å². The molecule has 4 amide bonds. The number of urea groups is 1. The highest BCUT2D eigenvalue weighted by atomic mass is 35.5. The maximum Gasteiger partial charge on any atom is 0.317 e.